The van der Waals surface area contributed by atoms with Gasteiger partial charge < -0.3 is 5.32 Å². The number of carbonyl (C=O) groups excluding carboxylic acids is 1. The molecule has 0 unspecified atom stereocenters. The van der Waals surface area contributed by atoms with Gasteiger partial charge in [-0.1, -0.05) is 6.07 Å². The van der Waals surface area contributed by atoms with Gasteiger partial charge in [0.1, 0.15) is 0 Å². The molecule has 2 heterocycles. The third-order valence-corrected chi connectivity index (χ3v) is 3.90. The molecule has 0 aliphatic heterocycles. The molecule has 2 aromatic heterocycles. The fourth-order valence-corrected chi connectivity index (χ4v) is 2.82. The quantitative estimate of drug-likeness (QED) is 0.925. The van der Waals surface area contributed by atoms with E-state index in [1.165, 1.54) is 4.88 Å². The first-order valence-electron chi connectivity index (χ1n) is 6.33. The van der Waals surface area contributed by atoms with Gasteiger partial charge in [0.05, 0.1) is 11.4 Å². The van der Waals surface area contributed by atoms with Gasteiger partial charge in [0, 0.05) is 17.0 Å². The van der Waals surface area contributed by atoms with Crippen molar-refractivity contribution in [3.8, 4) is 0 Å². The minimum atomic E-state index is 0.0465. The number of anilines is 1. The van der Waals surface area contributed by atoms with E-state index in [2.05, 4.69) is 16.4 Å². The molecule has 3 nitrogen and oxygen atoms in total. The van der Waals surface area contributed by atoms with Crippen LogP contribution in [0.1, 0.15) is 28.2 Å². The number of aromatic nitrogens is 1. The molecule has 0 aliphatic carbocycles. The topological polar surface area (TPSA) is 42.0 Å². The van der Waals surface area contributed by atoms with Crippen LogP contribution in [0.2, 0.25) is 0 Å². The van der Waals surface area contributed by atoms with E-state index in [1.54, 1.807) is 11.3 Å². The SMILES string of the molecule is Cc1cc(C)c(NC(=O)CCc2cccs2)c(C)n1. The van der Waals surface area contributed by atoms with Crippen molar-refractivity contribution >= 4 is 22.9 Å². The summed E-state index contributed by atoms with van der Waals surface area (Å²) in [5.41, 5.74) is 3.77. The zero-order chi connectivity index (χ0) is 13.8. The van der Waals surface area contributed by atoms with E-state index in [4.69, 9.17) is 0 Å². The lowest BCUT2D eigenvalue weighted by atomic mass is 10.1. The third-order valence-electron chi connectivity index (χ3n) is 2.97. The summed E-state index contributed by atoms with van der Waals surface area (Å²) in [4.78, 5) is 17.6. The largest absolute Gasteiger partial charge is 0.324 e. The zero-order valence-electron chi connectivity index (χ0n) is 11.5. The molecule has 0 aliphatic rings. The minimum absolute atomic E-state index is 0.0465. The molecule has 0 saturated heterocycles. The van der Waals surface area contributed by atoms with Crippen LogP contribution in [-0.4, -0.2) is 10.9 Å². The number of pyridine rings is 1. The number of hydrogen-bond donors (Lipinski definition) is 1. The Morgan fingerprint density at radius 1 is 1.37 bits per heavy atom. The van der Waals surface area contributed by atoms with Crippen molar-refractivity contribution < 1.29 is 4.79 Å². The molecule has 1 amide bonds. The number of carbonyl (C=O) groups is 1. The summed E-state index contributed by atoms with van der Waals surface area (Å²) in [6, 6.07) is 6.06. The van der Waals surface area contributed by atoms with Gasteiger partial charge in [0.2, 0.25) is 5.91 Å². The predicted octanol–water partition coefficient (Wildman–Crippen LogP) is 3.64. The van der Waals surface area contributed by atoms with Crippen molar-refractivity contribution in [2.75, 3.05) is 5.32 Å². The Labute approximate surface area is 117 Å². The van der Waals surface area contributed by atoms with Gasteiger partial charge in [-0.3, -0.25) is 9.78 Å². The lowest BCUT2D eigenvalue weighted by Crippen LogP contribution is -2.14. The number of nitrogens with one attached hydrogen (secondary N) is 1. The summed E-state index contributed by atoms with van der Waals surface area (Å²) < 4.78 is 0. The second kappa shape index (κ2) is 5.97. The molecular formula is C15H18N2OS. The van der Waals surface area contributed by atoms with Crippen LogP contribution in [0.15, 0.2) is 23.6 Å². The minimum Gasteiger partial charge on any atom is -0.324 e. The second-order valence-electron chi connectivity index (χ2n) is 4.67. The van der Waals surface area contributed by atoms with E-state index in [1.807, 2.05) is 38.3 Å². The van der Waals surface area contributed by atoms with Crippen LogP contribution < -0.4 is 5.32 Å². The molecule has 0 fully saturated rings. The molecule has 4 heteroatoms. The maximum absolute atomic E-state index is 12.0. The van der Waals surface area contributed by atoms with Crippen LogP contribution in [0.3, 0.4) is 0 Å². The monoisotopic (exact) mass is 274 g/mol. The Bertz CT molecular complexity index is 553. The van der Waals surface area contributed by atoms with Gasteiger partial charge in [0.25, 0.3) is 0 Å². The van der Waals surface area contributed by atoms with Gasteiger partial charge in [0.15, 0.2) is 0 Å². The second-order valence-corrected chi connectivity index (χ2v) is 5.70. The molecule has 0 saturated carbocycles. The highest BCUT2D eigenvalue weighted by Crippen LogP contribution is 2.20. The van der Waals surface area contributed by atoms with E-state index < -0.39 is 0 Å². The maximum Gasteiger partial charge on any atom is 0.224 e. The summed E-state index contributed by atoms with van der Waals surface area (Å²) in [6.07, 6.45) is 1.30. The van der Waals surface area contributed by atoms with Crippen LogP contribution >= 0.6 is 11.3 Å². The average Bonchev–Trinajstić information content (AvgIpc) is 2.84. The van der Waals surface area contributed by atoms with Gasteiger partial charge >= 0.3 is 0 Å². The molecule has 0 spiro atoms. The first-order valence-corrected chi connectivity index (χ1v) is 7.21. The first-order chi connectivity index (χ1) is 9.06. The molecule has 100 valence electrons. The van der Waals surface area contributed by atoms with E-state index in [9.17, 15) is 4.79 Å². The molecular weight excluding hydrogens is 256 g/mol. The van der Waals surface area contributed by atoms with E-state index in [0.717, 1.165) is 29.1 Å². The smallest absolute Gasteiger partial charge is 0.224 e. The highest BCUT2D eigenvalue weighted by atomic mass is 32.1. The average molecular weight is 274 g/mol. The summed E-state index contributed by atoms with van der Waals surface area (Å²) in [5, 5.41) is 5.00. The summed E-state index contributed by atoms with van der Waals surface area (Å²) in [6.45, 7) is 5.88. The Balaban J connectivity index is 1.99. The molecule has 0 atom stereocenters. The Morgan fingerprint density at radius 2 is 2.16 bits per heavy atom. The molecule has 2 rings (SSSR count). The van der Waals surface area contributed by atoms with Gasteiger partial charge in [-0.05, 0) is 50.3 Å². The number of thiophene rings is 1. The lowest BCUT2D eigenvalue weighted by Gasteiger charge is -2.11. The molecule has 19 heavy (non-hydrogen) atoms. The van der Waals surface area contributed by atoms with Crippen molar-refractivity contribution in [1.29, 1.82) is 0 Å². The van der Waals surface area contributed by atoms with E-state index >= 15 is 0 Å². The molecule has 0 aromatic carbocycles. The summed E-state index contributed by atoms with van der Waals surface area (Å²) >= 11 is 1.69. The number of hydrogen-bond acceptors (Lipinski definition) is 3. The van der Waals surface area contributed by atoms with Gasteiger partial charge in [-0.25, -0.2) is 0 Å². The number of nitrogens with zero attached hydrogens (tertiary/aromatic N) is 1. The molecule has 2 aromatic rings. The fourth-order valence-electron chi connectivity index (χ4n) is 2.11. The first kappa shape index (κ1) is 13.7. The van der Waals surface area contributed by atoms with Crippen molar-refractivity contribution in [2.24, 2.45) is 0 Å². The molecule has 0 radical (unpaired) electrons. The number of amides is 1. The van der Waals surface area contributed by atoms with Crippen LogP contribution in [0.4, 0.5) is 5.69 Å². The van der Waals surface area contributed by atoms with Crippen LogP contribution in [0, 0.1) is 20.8 Å². The van der Waals surface area contributed by atoms with Crippen molar-refractivity contribution in [3.05, 3.63) is 45.4 Å². The summed E-state index contributed by atoms with van der Waals surface area (Å²) in [7, 11) is 0. The van der Waals surface area contributed by atoms with Crippen molar-refractivity contribution in [2.45, 2.75) is 33.6 Å². The van der Waals surface area contributed by atoms with E-state index in [-0.39, 0.29) is 5.91 Å². The van der Waals surface area contributed by atoms with Crippen molar-refractivity contribution in [3.63, 3.8) is 0 Å². The highest BCUT2D eigenvalue weighted by molar-refractivity contribution is 7.09. The predicted molar refractivity (Wildman–Crippen MR) is 79.7 cm³/mol. The van der Waals surface area contributed by atoms with Crippen LogP contribution in [0.5, 0.6) is 0 Å². The van der Waals surface area contributed by atoms with E-state index in [0.29, 0.717) is 6.42 Å². The molecule has 1 N–H and O–H groups in total. The third kappa shape index (κ3) is 3.64. The number of aryl methyl sites for hydroxylation is 4. The highest BCUT2D eigenvalue weighted by Gasteiger charge is 2.09. The van der Waals surface area contributed by atoms with Crippen molar-refractivity contribution in [1.82, 2.24) is 4.98 Å². The Morgan fingerprint density at radius 3 is 2.79 bits per heavy atom. The van der Waals surface area contributed by atoms with Crippen LogP contribution in [0.25, 0.3) is 0 Å². The Hall–Kier alpha value is -1.68. The van der Waals surface area contributed by atoms with Gasteiger partial charge in [-0.15, -0.1) is 11.3 Å². The Kier molecular flexibility index (Phi) is 4.32. The van der Waals surface area contributed by atoms with Crippen LogP contribution in [-0.2, 0) is 11.2 Å². The maximum atomic E-state index is 12.0. The zero-order valence-corrected chi connectivity index (χ0v) is 12.3. The normalized spacial score (nSPS) is 10.5. The summed E-state index contributed by atoms with van der Waals surface area (Å²) in [5.74, 6) is 0.0465. The van der Waals surface area contributed by atoms with Gasteiger partial charge in [-0.2, -0.15) is 0 Å². The number of rotatable bonds is 4. The molecule has 0 bridgehead atoms. The lowest BCUT2D eigenvalue weighted by molar-refractivity contribution is -0.116. The standard InChI is InChI=1S/C15H18N2OS/c1-10-9-11(2)16-12(3)15(10)17-14(18)7-6-13-5-4-8-19-13/h4-5,8-9H,6-7H2,1-3H3,(H,17,18). The fraction of sp³-hybridized carbons (Fsp3) is 0.333.